The highest BCUT2D eigenvalue weighted by atomic mass is 16.5. The molecule has 110 valence electrons. The number of carbonyl (C=O) groups is 1. The maximum absolute atomic E-state index is 11.1. The number of hydrogen-bond donors (Lipinski definition) is 2. The van der Waals surface area contributed by atoms with E-state index in [-0.39, 0.29) is 24.8 Å². The number of benzene rings is 1. The zero-order valence-electron chi connectivity index (χ0n) is 12.4. The van der Waals surface area contributed by atoms with Crippen molar-refractivity contribution in [3.05, 3.63) is 35.4 Å². The van der Waals surface area contributed by atoms with Crippen molar-refractivity contribution in [2.24, 2.45) is 0 Å². The quantitative estimate of drug-likeness (QED) is 0.503. The third-order valence-electron chi connectivity index (χ3n) is 2.15. The minimum absolute atomic E-state index is 0.149. The highest BCUT2D eigenvalue weighted by molar-refractivity contribution is 6.03. The molecular weight excluding hydrogens is 256 g/mol. The summed E-state index contributed by atoms with van der Waals surface area (Å²) in [6.07, 6.45) is -0.262. The summed E-state index contributed by atoms with van der Waals surface area (Å²) in [6, 6.07) is 7.16. The average molecular weight is 278 g/mol. The normalized spacial score (nSPS) is 9.00. The number of hydrogen-bond acceptors (Lipinski definition) is 5. The number of rotatable bonds is 4. The fourth-order valence-electron chi connectivity index (χ4n) is 1.27. The molecule has 0 saturated heterocycles. The van der Waals surface area contributed by atoms with Gasteiger partial charge in [-0.2, -0.15) is 0 Å². The molecule has 0 aromatic heterocycles. The summed E-state index contributed by atoms with van der Waals surface area (Å²) < 4.78 is 9.64. The highest BCUT2D eigenvalue weighted by Gasteiger charge is 2.11. The van der Waals surface area contributed by atoms with Crippen molar-refractivity contribution >= 4 is 17.8 Å². The topological polar surface area (TPSA) is 83.2 Å². The third kappa shape index (κ3) is 6.68. The van der Waals surface area contributed by atoms with Gasteiger partial charge in [0.1, 0.15) is 6.42 Å². The first-order valence-electron chi connectivity index (χ1n) is 6.59. The second-order valence-corrected chi connectivity index (χ2v) is 3.70. The lowest BCUT2D eigenvalue weighted by molar-refractivity contribution is -0.141. The molecule has 0 heterocycles. The Morgan fingerprint density at radius 3 is 2.20 bits per heavy atom. The van der Waals surface area contributed by atoms with E-state index in [1.54, 1.807) is 19.1 Å². The van der Waals surface area contributed by atoms with E-state index >= 15 is 0 Å². The summed E-state index contributed by atoms with van der Waals surface area (Å²) in [5.41, 5.74) is 1.64. The Hall–Kier alpha value is -2.17. The van der Waals surface area contributed by atoms with Crippen molar-refractivity contribution in [2.75, 3.05) is 6.61 Å². The van der Waals surface area contributed by atoms with Crippen molar-refractivity contribution in [1.82, 2.24) is 0 Å². The van der Waals surface area contributed by atoms with Crippen LogP contribution in [0.1, 0.15) is 38.3 Å². The molecule has 5 heteroatoms. The molecule has 0 unspecified atom stereocenters. The number of carbonyl (C=O) groups excluding carboxylic acids is 1. The first-order valence-corrected chi connectivity index (χ1v) is 6.59. The monoisotopic (exact) mass is 278 g/mol. The number of esters is 1. The minimum atomic E-state index is -0.529. The summed E-state index contributed by atoms with van der Waals surface area (Å²) in [7, 11) is 0. The molecule has 1 aromatic rings. The van der Waals surface area contributed by atoms with Crippen LogP contribution in [0.5, 0.6) is 0 Å². The summed E-state index contributed by atoms with van der Waals surface area (Å²) in [5, 5.41) is 15.1. The molecule has 0 radical (unpaired) electrons. The van der Waals surface area contributed by atoms with Crippen molar-refractivity contribution in [1.29, 1.82) is 10.8 Å². The van der Waals surface area contributed by atoms with Crippen LogP contribution in [-0.4, -0.2) is 24.4 Å². The molecule has 0 fully saturated rings. The molecule has 0 atom stereocenters. The Balaban J connectivity index is 0.00000172. The lowest BCUT2D eigenvalue weighted by atomic mass is 10.1. The van der Waals surface area contributed by atoms with Gasteiger partial charge in [-0.1, -0.05) is 31.5 Å². The lowest BCUT2D eigenvalue weighted by Gasteiger charge is -2.08. The minimum Gasteiger partial charge on any atom is -0.466 e. The van der Waals surface area contributed by atoms with Crippen LogP contribution in [0.15, 0.2) is 24.3 Å². The molecule has 1 aromatic carbocycles. The van der Waals surface area contributed by atoms with Gasteiger partial charge in [0.25, 0.3) is 0 Å². The molecule has 0 saturated carbocycles. The van der Waals surface area contributed by atoms with E-state index in [0.29, 0.717) is 5.56 Å². The summed E-state index contributed by atoms with van der Waals surface area (Å²) in [6.45, 7) is 7.90. The van der Waals surface area contributed by atoms with E-state index in [0.717, 1.165) is 5.56 Å². The van der Waals surface area contributed by atoms with Gasteiger partial charge < -0.3 is 9.47 Å². The van der Waals surface area contributed by atoms with Crippen LogP contribution in [0.2, 0.25) is 0 Å². The van der Waals surface area contributed by atoms with Gasteiger partial charge in [-0.25, -0.2) is 0 Å². The molecule has 0 aliphatic rings. The standard InChI is InChI=1S/C13H16N2O3.C2H6/c1-3-17-12(16)8-11(14)18-13(15)10-6-4-9(2)5-7-10;1-2/h4-7,14-15H,3,8H2,1-2H3;1-2H3. The van der Waals surface area contributed by atoms with Crippen molar-refractivity contribution in [3.8, 4) is 0 Å². The molecule has 0 spiro atoms. The van der Waals surface area contributed by atoms with E-state index in [1.165, 1.54) is 0 Å². The molecule has 1 rings (SSSR count). The van der Waals surface area contributed by atoms with Gasteiger partial charge in [0.15, 0.2) is 0 Å². The molecule has 0 amide bonds. The summed E-state index contributed by atoms with van der Waals surface area (Å²) >= 11 is 0. The van der Waals surface area contributed by atoms with E-state index in [2.05, 4.69) is 4.74 Å². The smallest absolute Gasteiger partial charge is 0.315 e. The van der Waals surface area contributed by atoms with E-state index in [1.807, 2.05) is 32.9 Å². The highest BCUT2D eigenvalue weighted by Crippen LogP contribution is 2.05. The molecule has 0 bridgehead atoms. The van der Waals surface area contributed by atoms with Gasteiger partial charge >= 0.3 is 5.97 Å². The Labute approximate surface area is 119 Å². The Kier molecular flexibility index (Phi) is 8.67. The average Bonchev–Trinajstić information content (AvgIpc) is 2.41. The fourth-order valence-corrected chi connectivity index (χ4v) is 1.27. The van der Waals surface area contributed by atoms with Gasteiger partial charge in [0.05, 0.1) is 6.61 Å². The second-order valence-electron chi connectivity index (χ2n) is 3.70. The first-order chi connectivity index (χ1) is 9.52. The Morgan fingerprint density at radius 2 is 1.70 bits per heavy atom. The van der Waals surface area contributed by atoms with E-state index in [4.69, 9.17) is 15.6 Å². The fraction of sp³-hybridized carbons (Fsp3) is 0.400. The zero-order valence-corrected chi connectivity index (χ0v) is 12.4. The van der Waals surface area contributed by atoms with Gasteiger partial charge in [0.2, 0.25) is 11.8 Å². The zero-order chi connectivity index (χ0) is 15.5. The summed E-state index contributed by atoms with van der Waals surface area (Å²) in [4.78, 5) is 11.1. The Bertz CT molecular complexity index is 453. The SMILES string of the molecule is CC.CCOC(=O)CC(=N)OC(=N)c1ccc(C)cc1. The predicted octanol–water partition coefficient (Wildman–Crippen LogP) is 3.29. The largest absolute Gasteiger partial charge is 0.466 e. The van der Waals surface area contributed by atoms with E-state index in [9.17, 15) is 4.79 Å². The van der Waals surface area contributed by atoms with Gasteiger partial charge in [-0.15, -0.1) is 0 Å². The molecule has 2 N–H and O–H groups in total. The van der Waals surface area contributed by atoms with Gasteiger partial charge in [0, 0.05) is 5.56 Å². The number of ether oxygens (including phenoxy) is 2. The molecule has 20 heavy (non-hydrogen) atoms. The summed E-state index contributed by atoms with van der Waals surface area (Å²) in [5.74, 6) is -0.970. The first kappa shape index (κ1) is 17.8. The van der Waals surface area contributed by atoms with Crippen LogP contribution in [0.4, 0.5) is 0 Å². The number of nitrogens with one attached hydrogen (secondary N) is 2. The van der Waals surface area contributed by atoms with Gasteiger partial charge in [-0.3, -0.25) is 15.6 Å². The van der Waals surface area contributed by atoms with E-state index < -0.39 is 5.97 Å². The van der Waals surface area contributed by atoms with Gasteiger partial charge in [-0.05, 0) is 26.0 Å². The van der Waals surface area contributed by atoms with Crippen LogP contribution < -0.4 is 0 Å². The Morgan fingerprint density at radius 1 is 1.15 bits per heavy atom. The predicted molar refractivity (Wildman–Crippen MR) is 79.4 cm³/mol. The van der Waals surface area contributed by atoms with Crippen LogP contribution in [0.25, 0.3) is 0 Å². The molecule has 5 nitrogen and oxygen atoms in total. The second kappa shape index (κ2) is 9.72. The van der Waals surface area contributed by atoms with Crippen molar-refractivity contribution in [2.45, 2.75) is 34.1 Å². The molecule has 0 aliphatic heterocycles. The van der Waals surface area contributed by atoms with Crippen LogP contribution in [0, 0.1) is 17.7 Å². The van der Waals surface area contributed by atoms with Crippen LogP contribution in [0.3, 0.4) is 0 Å². The van der Waals surface area contributed by atoms with Crippen molar-refractivity contribution in [3.63, 3.8) is 0 Å². The lowest BCUT2D eigenvalue weighted by Crippen LogP contribution is -2.17. The number of aryl methyl sites for hydroxylation is 1. The molecular formula is C15H22N2O3. The van der Waals surface area contributed by atoms with Crippen LogP contribution >= 0.6 is 0 Å². The maximum Gasteiger partial charge on any atom is 0.315 e. The van der Waals surface area contributed by atoms with Crippen LogP contribution in [-0.2, 0) is 14.3 Å². The van der Waals surface area contributed by atoms with Crippen molar-refractivity contribution < 1.29 is 14.3 Å². The maximum atomic E-state index is 11.1. The third-order valence-corrected chi connectivity index (χ3v) is 2.15. The molecule has 0 aliphatic carbocycles.